The lowest BCUT2D eigenvalue weighted by Gasteiger charge is -2.07. The Hall–Kier alpha value is -1.25. The van der Waals surface area contributed by atoms with Gasteiger partial charge < -0.3 is 10.6 Å². The highest BCUT2D eigenvalue weighted by Gasteiger charge is 2.16. The van der Waals surface area contributed by atoms with Crippen LogP contribution in [0.2, 0.25) is 5.02 Å². The van der Waals surface area contributed by atoms with E-state index in [2.05, 4.69) is 36.8 Å². The topological polar surface area (TPSA) is 66.9 Å². The van der Waals surface area contributed by atoms with E-state index >= 15 is 0 Å². The molecule has 5 nitrogen and oxygen atoms in total. The summed E-state index contributed by atoms with van der Waals surface area (Å²) in [5, 5.41) is 14.0. The first-order valence-electron chi connectivity index (χ1n) is 5.54. The fourth-order valence-corrected chi connectivity index (χ4v) is 2.97. The van der Waals surface area contributed by atoms with Gasteiger partial charge in [-0.05, 0) is 35.0 Å². The summed E-state index contributed by atoms with van der Waals surface area (Å²) in [5.74, 6) is -0.953. The van der Waals surface area contributed by atoms with Gasteiger partial charge >= 0.3 is 0 Å². The molecule has 1 aromatic carbocycles. The van der Waals surface area contributed by atoms with Crippen LogP contribution in [0, 0.1) is 5.82 Å². The summed E-state index contributed by atoms with van der Waals surface area (Å²) in [6, 6.07) is 2.33. The largest absolute Gasteiger partial charge is 0.360 e. The number of carbonyl (C=O) groups is 1. The third-order valence-corrected chi connectivity index (χ3v) is 4.00. The van der Waals surface area contributed by atoms with Crippen molar-refractivity contribution in [1.82, 2.24) is 10.2 Å². The number of rotatable bonds is 4. The molecule has 1 heterocycles. The lowest BCUT2D eigenvalue weighted by atomic mass is 10.3. The second-order valence-electron chi connectivity index (χ2n) is 3.64. The normalized spacial score (nSPS) is 10.4. The van der Waals surface area contributed by atoms with E-state index in [9.17, 15) is 9.18 Å². The molecule has 2 aromatic rings. The molecule has 9 heteroatoms. The molecule has 0 atom stereocenters. The Morgan fingerprint density at radius 1 is 1.50 bits per heavy atom. The molecule has 0 bridgehead atoms. The summed E-state index contributed by atoms with van der Waals surface area (Å²) in [4.78, 5) is 12.0. The quantitative estimate of drug-likeness (QED) is 0.848. The first-order chi connectivity index (χ1) is 9.51. The van der Waals surface area contributed by atoms with Gasteiger partial charge in [0.2, 0.25) is 10.1 Å². The molecule has 2 N–H and O–H groups in total. The van der Waals surface area contributed by atoms with Crippen molar-refractivity contribution in [2.24, 2.45) is 0 Å². The van der Waals surface area contributed by atoms with Crippen molar-refractivity contribution in [3.63, 3.8) is 0 Å². The van der Waals surface area contributed by atoms with Gasteiger partial charge in [-0.2, -0.15) is 0 Å². The van der Waals surface area contributed by atoms with Gasteiger partial charge in [0.1, 0.15) is 5.82 Å². The molecule has 1 aromatic heterocycles. The van der Waals surface area contributed by atoms with Crippen molar-refractivity contribution in [2.45, 2.75) is 6.92 Å². The highest BCUT2D eigenvalue weighted by atomic mass is 79.9. The lowest BCUT2D eigenvalue weighted by Crippen LogP contribution is -2.12. The first kappa shape index (κ1) is 15.1. The van der Waals surface area contributed by atoms with Gasteiger partial charge in [-0.1, -0.05) is 22.9 Å². The molecular weight excluding hydrogens is 371 g/mol. The van der Waals surface area contributed by atoms with Gasteiger partial charge in [-0.3, -0.25) is 4.79 Å². The molecule has 0 radical (unpaired) electrons. The van der Waals surface area contributed by atoms with Crippen LogP contribution in [0.1, 0.15) is 16.7 Å². The van der Waals surface area contributed by atoms with E-state index in [4.69, 9.17) is 11.6 Å². The number of hydrogen-bond donors (Lipinski definition) is 2. The number of hydrogen-bond acceptors (Lipinski definition) is 5. The van der Waals surface area contributed by atoms with Crippen LogP contribution in [0.25, 0.3) is 0 Å². The molecule has 106 valence electrons. The standard InChI is InChI=1S/C11H9BrClFN4OS/c1-2-15-11-18-17-10(20-11)9(19)16-8-6(12)3-5(14)4-7(8)13/h3-4H,2H2,1H3,(H,15,18)(H,16,19). The number of halogens is 3. The fourth-order valence-electron chi connectivity index (χ4n) is 1.37. The van der Waals surface area contributed by atoms with Crippen LogP contribution in [0.4, 0.5) is 15.2 Å². The van der Waals surface area contributed by atoms with Gasteiger partial charge in [0.05, 0.1) is 10.7 Å². The van der Waals surface area contributed by atoms with Gasteiger partial charge in [0.25, 0.3) is 5.91 Å². The van der Waals surface area contributed by atoms with Gasteiger partial charge in [-0.25, -0.2) is 4.39 Å². The highest BCUT2D eigenvalue weighted by molar-refractivity contribution is 9.10. The SMILES string of the molecule is CCNc1nnc(C(=O)Nc2c(Cl)cc(F)cc2Br)s1. The second-order valence-corrected chi connectivity index (χ2v) is 5.88. The lowest BCUT2D eigenvalue weighted by molar-refractivity contribution is 0.102. The van der Waals surface area contributed by atoms with Crippen molar-refractivity contribution in [3.8, 4) is 0 Å². The van der Waals surface area contributed by atoms with E-state index < -0.39 is 11.7 Å². The predicted octanol–water partition coefficient (Wildman–Crippen LogP) is 3.78. The molecule has 0 unspecified atom stereocenters. The zero-order chi connectivity index (χ0) is 14.7. The average molecular weight is 380 g/mol. The van der Waals surface area contributed by atoms with Crippen LogP contribution in [-0.4, -0.2) is 22.6 Å². The Bertz CT molecular complexity index is 628. The van der Waals surface area contributed by atoms with Gasteiger partial charge in [0, 0.05) is 11.0 Å². The molecule has 0 saturated carbocycles. The zero-order valence-corrected chi connectivity index (χ0v) is 13.4. The highest BCUT2D eigenvalue weighted by Crippen LogP contribution is 2.32. The van der Waals surface area contributed by atoms with Crippen molar-refractivity contribution >= 4 is 55.6 Å². The molecule has 20 heavy (non-hydrogen) atoms. The second kappa shape index (κ2) is 6.47. The number of benzene rings is 1. The Labute approximate surface area is 131 Å². The van der Waals surface area contributed by atoms with E-state index in [1.54, 1.807) is 0 Å². The maximum Gasteiger partial charge on any atom is 0.286 e. The molecular formula is C11H9BrClFN4OS. The van der Waals surface area contributed by atoms with Crippen LogP contribution >= 0.6 is 38.9 Å². The van der Waals surface area contributed by atoms with Crippen molar-refractivity contribution < 1.29 is 9.18 Å². The maximum absolute atomic E-state index is 13.1. The minimum atomic E-state index is -0.495. The van der Waals surface area contributed by atoms with Crippen LogP contribution < -0.4 is 10.6 Å². The summed E-state index contributed by atoms with van der Waals surface area (Å²) < 4.78 is 13.5. The van der Waals surface area contributed by atoms with Crippen LogP contribution in [0.3, 0.4) is 0 Å². The summed E-state index contributed by atoms with van der Waals surface area (Å²) in [5.41, 5.74) is 0.290. The number of carbonyl (C=O) groups excluding carboxylic acids is 1. The van der Waals surface area contributed by atoms with E-state index in [0.29, 0.717) is 21.8 Å². The number of nitrogens with zero attached hydrogens (tertiary/aromatic N) is 2. The number of aromatic nitrogens is 2. The van der Waals surface area contributed by atoms with Crippen molar-refractivity contribution in [2.75, 3.05) is 17.2 Å². The predicted molar refractivity (Wildman–Crippen MR) is 81.1 cm³/mol. The minimum absolute atomic E-state index is 0.0987. The minimum Gasteiger partial charge on any atom is -0.360 e. The van der Waals surface area contributed by atoms with Crippen molar-refractivity contribution in [1.29, 1.82) is 0 Å². The van der Waals surface area contributed by atoms with E-state index in [-0.39, 0.29) is 10.0 Å². The molecule has 0 fully saturated rings. The van der Waals surface area contributed by atoms with E-state index in [1.165, 1.54) is 6.07 Å². The molecule has 0 aliphatic carbocycles. The Morgan fingerprint density at radius 2 is 2.25 bits per heavy atom. The summed E-state index contributed by atoms with van der Waals surface area (Å²) >= 11 is 10.2. The average Bonchev–Trinajstić information content (AvgIpc) is 2.82. The summed E-state index contributed by atoms with van der Waals surface area (Å²) in [6.07, 6.45) is 0. The molecule has 0 saturated heterocycles. The van der Waals surface area contributed by atoms with E-state index in [1.807, 2.05) is 6.92 Å². The van der Waals surface area contributed by atoms with Gasteiger partial charge in [-0.15, -0.1) is 10.2 Å². The molecule has 1 amide bonds. The van der Waals surface area contributed by atoms with Crippen LogP contribution in [0.15, 0.2) is 16.6 Å². The molecule has 0 spiro atoms. The number of anilines is 2. The molecule has 0 aliphatic rings. The van der Waals surface area contributed by atoms with Gasteiger partial charge in [0.15, 0.2) is 0 Å². The third-order valence-electron chi connectivity index (χ3n) is 2.19. The zero-order valence-electron chi connectivity index (χ0n) is 10.2. The third kappa shape index (κ3) is 3.44. The maximum atomic E-state index is 13.1. The summed E-state index contributed by atoms with van der Waals surface area (Å²) in [6.45, 7) is 2.60. The van der Waals surface area contributed by atoms with Crippen LogP contribution in [-0.2, 0) is 0 Å². The summed E-state index contributed by atoms with van der Waals surface area (Å²) in [7, 11) is 0. The fraction of sp³-hybridized carbons (Fsp3) is 0.182. The van der Waals surface area contributed by atoms with Crippen LogP contribution in [0.5, 0.6) is 0 Å². The Kier molecular flexibility index (Phi) is 4.90. The smallest absolute Gasteiger partial charge is 0.286 e. The first-order valence-corrected chi connectivity index (χ1v) is 7.53. The van der Waals surface area contributed by atoms with E-state index in [0.717, 1.165) is 17.4 Å². The number of nitrogens with one attached hydrogen (secondary N) is 2. The Morgan fingerprint density at radius 3 is 2.90 bits per heavy atom. The molecule has 2 rings (SSSR count). The molecule has 0 aliphatic heterocycles. The monoisotopic (exact) mass is 378 g/mol. The number of amides is 1. The Balaban J connectivity index is 2.19. The van der Waals surface area contributed by atoms with Crippen molar-refractivity contribution in [3.05, 3.63) is 32.5 Å².